The van der Waals surface area contributed by atoms with E-state index in [0.29, 0.717) is 29.0 Å². The summed E-state index contributed by atoms with van der Waals surface area (Å²) in [7, 11) is 0. The molecule has 1 saturated carbocycles. The summed E-state index contributed by atoms with van der Waals surface area (Å²) < 4.78 is 5.46. The molecule has 0 aliphatic heterocycles. The van der Waals surface area contributed by atoms with Gasteiger partial charge >= 0.3 is 6.03 Å². The second kappa shape index (κ2) is 6.54. The highest BCUT2D eigenvalue weighted by atomic mass is 35.5. The van der Waals surface area contributed by atoms with Gasteiger partial charge in [-0.25, -0.2) is 4.79 Å². The molecule has 0 bridgehead atoms. The number of para-hydroxylation sites is 1. The van der Waals surface area contributed by atoms with Gasteiger partial charge in [-0.2, -0.15) is 0 Å². The van der Waals surface area contributed by atoms with E-state index in [4.69, 9.17) is 16.3 Å². The Balaban J connectivity index is 2.07. The van der Waals surface area contributed by atoms with Crippen LogP contribution in [0.25, 0.3) is 0 Å². The van der Waals surface area contributed by atoms with Crippen LogP contribution in [0.2, 0.25) is 5.02 Å². The monoisotopic (exact) mass is 312 g/mol. The largest absolute Gasteiger partial charge is 0.490 e. The van der Waals surface area contributed by atoms with Crippen molar-refractivity contribution in [2.24, 2.45) is 5.92 Å². The predicted molar refractivity (Wildman–Crippen MR) is 83.0 cm³/mol. The predicted octanol–water partition coefficient (Wildman–Crippen LogP) is 3.02. The molecule has 0 heterocycles. The highest BCUT2D eigenvalue weighted by Gasteiger charge is 2.42. The minimum atomic E-state index is -0.589. The van der Waals surface area contributed by atoms with Crippen molar-refractivity contribution in [2.75, 3.05) is 18.5 Å². The number of carbonyl (C=O) groups excluding carboxylic acids is 1. The van der Waals surface area contributed by atoms with Crippen molar-refractivity contribution < 1.29 is 14.6 Å². The molecule has 1 aromatic carbocycles. The van der Waals surface area contributed by atoms with Crippen LogP contribution in [-0.4, -0.2) is 29.9 Å². The third kappa shape index (κ3) is 3.80. The fraction of sp³-hybridized carbons (Fsp3) is 0.533. The van der Waals surface area contributed by atoms with Crippen LogP contribution >= 0.6 is 11.6 Å². The summed E-state index contributed by atoms with van der Waals surface area (Å²) in [6.07, 6.45) is 2.05. The van der Waals surface area contributed by atoms with E-state index in [9.17, 15) is 9.90 Å². The number of aliphatic hydroxyl groups is 1. The number of carbonyl (C=O) groups is 1. The van der Waals surface area contributed by atoms with E-state index in [1.54, 1.807) is 18.2 Å². The second-order valence-electron chi connectivity index (χ2n) is 5.48. The van der Waals surface area contributed by atoms with Gasteiger partial charge in [-0.1, -0.05) is 17.7 Å². The summed E-state index contributed by atoms with van der Waals surface area (Å²) in [6, 6.07) is 4.80. The molecule has 5 nitrogen and oxygen atoms in total. The van der Waals surface area contributed by atoms with E-state index >= 15 is 0 Å². The van der Waals surface area contributed by atoms with E-state index < -0.39 is 5.54 Å². The van der Waals surface area contributed by atoms with Gasteiger partial charge in [0.15, 0.2) is 5.75 Å². The molecule has 0 spiro atoms. The number of anilines is 1. The van der Waals surface area contributed by atoms with Gasteiger partial charge in [0.05, 0.1) is 29.5 Å². The summed E-state index contributed by atoms with van der Waals surface area (Å²) in [5.41, 5.74) is -0.0769. The van der Waals surface area contributed by atoms with Crippen LogP contribution in [-0.2, 0) is 0 Å². The summed E-state index contributed by atoms with van der Waals surface area (Å²) in [6.45, 7) is 4.07. The van der Waals surface area contributed by atoms with E-state index in [1.807, 2.05) is 13.8 Å². The molecule has 1 unspecified atom stereocenters. The molecular weight excluding hydrogens is 292 g/mol. The van der Waals surface area contributed by atoms with Crippen LogP contribution in [0.5, 0.6) is 5.75 Å². The standard InChI is InChI=1S/C15H21ClN2O3/c1-3-21-13-11(16)5-4-6-12(13)17-14(20)18-15(2,9-19)10-7-8-10/h4-6,10,19H,3,7-9H2,1-2H3,(H2,17,18,20). The zero-order valence-electron chi connectivity index (χ0n) is 12.3. The normalized spacial score (nSPS) is 17.0. The van der Waals surface area contributed by atoms with Gasteiger partial charge in [-0.3, -0.25) is 0 Å². The summed E-state index contributed by atoms with van der Waals surface area (Å²) in [4.78, 5) is 12.2. The van der Waals surface area contributed by atoms with Crippen molar-refractivity contribution in [3.63, 3.8) is 0 Å². The Hall–Kier alpha value is -1.46. The number of aliphatic hydroxyl groups excluding tert-OH is 1. The van der Waals surface area contributed by atoms with Gasteiger partial charge in [0.1, 0.15) is 0 Å². The minimum Gasteiger partial charge on any atom is -0.490 e. The first-order valence-corrected chi connectivity index (χ1v) is 7.49. The Morgan fingerprint density at radius 1 is 1.52 bits per heavy atom. The lowest BCUT2D eigenvalue weighted by Crippen LogP contribution is -2.52. The number of hydrogen-bond donors (Lipinski definition) is 3. The third-order valence-corrected chi connectivity index (χ3v) is 4.01. The maximum absolute atomic E-state index is 12.2. The van der Waals surface area contributed by atoms with Gasteiger partial charge in [0, 0.05) is 0 Å². The van der Waals surface area contributed by atoms with Crippen molar-refractivity contribution in [1.29, 1.82) is 0 Å². The highest BCUT2D eigenvalue weighted by molar-refractivity contribution is 6.32. The Bertz CT molecular complexity index is 520. The third-order valence-electron chi connectivity index (χ3n) is 3.71. The number of ether oxygens (including phenoxy) is 1. The van der Waals surface area contributed by atoms with Crippen LogP contribution in [0.4, 0.5) is 10.5 Å². The summed E-state index contributed by atoms with van der Waals surface area (Å²) >= 11 is 6.08. The first-order valence-electron chi connectivity index (χ1n) is 7.11. The van der Waals surface area contributed by atoms with E-state index in [0.717, 1.165) is 12.8 Å². The van der Waals surface area contributed by atoms with Crippen molar-refractivity contribution in [2.45, 2.75) is 32.2 Å². The number of rotatable bonds is 6. The van der Waals surface area contributed by atoms with Crippen molar-refractivity contribution >= 4 is 23.3 Å². The molecular formula is C15H21ClN2O3. The first-order chi connectivity index (χ1) is 10.00. The Labute approximate surface area is 129 Å². The maximum atomic E-state index is 12.2. The molecule has 2 rings (SSSR count). The topological polar surface area (TPSA) is 70.6 Å². The molecule has 6 heteroatoms. The Kier molecular flexibility index (Phi) is 4.96. The number of nitrogens with one attached hydrogen (secondary N) is 2. The molecule has 21 heavy (non-hydrogen) atoms. The van der Waals surface area contributed by atoms with Crippen LogP contribution in [0.1, 0.15) is 26.7 Å². The lowest BCUT2D eigenvalue weighted by atomic mass is 9.97. The van der Waals surface area contributed by atoms with Crippen LogP contribution in [0.3, 0.4) is 0 Å². The molecule has 1 aromatic rings. The van der Waals surface area contributed by atoms with Gasteiger partial charge in [0.2, 0.25) is 0 Å². The van der Waals surface area contributed by atoms with E-state index in [2.05, 4.69) is 10.6 Å². The molecule has 1 fully saturated rings. The summed E-state index contributed by atoms with van der Waals surface area (Å²) in [5.74, 6) is 0.785. The molecule has 1 aliphatic carbocycles. The molecule has 0 radical (unpaired) electrons. The zero-order chi connectivity index (χ0) is 15.5. The van der Waals surface area contributed by atoms with Gasteiger partial charge in [-0.05, 0) is 44.7 Å². The van der Waals surface area contributed by atoms with Crippen molar-refractivity contribution in [3.8, 4) is 5.75 Å². The maximum Gasteiger partial charge on any atom is 0.319 e. The fourth-order valence-corrected chi connectivity index (χ4v) is 2.53. The zero-order valence-corrected chi connectivity index (χ0v) is 13.0. The van der Waals surface area contributed by atoms with Crippen LogP contribution in [0.15, 0.2) is 18.2 Å². The molecule has 3 N–H and O–H groups in total. The van der Waals surface area contributed by atoms with Gasteiger partial charge < -0.3 is 20.5 Å². The van der Waals surface area contributed by atoms with Gasteiger partial charge in [-0.15, -0.1) is 0 Å². The molecule has 1 atom stereocenters. The van der Waals surface area contributed by atoms with E-state index in [1.165, 1.54) is 0 Å². The number of hydrogen-bond acceptors (Lipinski definition) is 3. The number of benzene rings is 1. The molecule has 0 saturated heterocycles. The number of amides is 2. The quantitative estimate of drug-likeness (QED) is 0.756. The smallest absolute Gasteiger partial charge is 0.319 e. The lowest BCUT2D eigenvalue weighted by molar-refractivity contribution is 0.159. The number of urea groups is 1. The molecule has 2 amide bonds. The number of halogens is 1. The molecule has 0 aromatic heterocycles. The molecule has 116 valence electrons. The van der Waals surface area contributed by atoms with Crippen molar-refractivity contribution in [1.82, 2.24) is 5.32 Å². The Morgan fingerprint density at radius 3 is 2.81 bits per heavy atom. The van der Waals surface area contributed by atoms with E-state index in [-0.39, 0.29) is 12.6 Å². The van der Waals surface area contributed by atoms with Crippen molar-refractivity contribution in [3.05, 3.63) is 23.2 Å². The van der Waals surface area contributed by atoms with Crippen LogP contribution < -0.4 is 15.4 Å². The summed E-state index contributed by atoms with van der Waals surface area (Å²) in [5, 5.41) is 15.5. The second-order valence-corrected chi connectivity index (χ2v) is 5.89. The SMILES string of the molecule is CCOc1c(Cl)cccc1NC(=O)NC(C)(CO)C1CC1. The Morgan fingerprint density at radius 2 is 2.24 bits per heavy atom. The minimum absolute atomic E-state index is 0.0844. The average molecular weight is 313 g/mol. The lowest BCUT2D eigenvalue weighted by Gasteiger charge is -2.29. The molecule has 1 aliphatic rings. The fourth-order valence-electron chi connectivity index (χ4n) is 2.30. The first kappa shape index (κ1) is 15.9. The average Bonchev–Trinajstić information content (AvgIpc) is 3.27. The van der Waals surface area contributed by atoms with Crippen LogP contribution in [0, 0.1) is 5.92 Å². The van der Waals surface area contributed by atoms with Gasteiger partial charge in [0.25, 0.3) is 0 Å². The highest BCUT2D eigenvalue weighted by Crippen LogP contribution is 2.39.